The van der Waals surface area contributed by atoms with Crippen LogP contribution in [0.4, 0.5) is 9.18 Å². The van der Waals surface area contributed by atoms with Crippen molar-refractivity contribution in [2.24, 2.45) is 0 Å². The van der Waals surface area contributed by atoms with E-state index in [4.69, 9.17) is 21.4 Å². The van der Waals surface area contributed by atoms with Crippen LogP contribution in [0.15, 0.2) is 18.2 Å². The first kappa shape index (κ1) is 16.5. The predicted molar refractivity (Wildman–Crippen MR) is 83.9 cm³/mol. The van der Waals surface area contributed by atoms with Gasteiger partial charge in [-0.3, -0.25) is 0 Å². The van der Waals surface area contributed by atoms with Gasteiger partial charge in [-0.15, -0.1) is 0 Å². The first-order valence-electron chi connectivity index (χ1n) is 7.84. The number of nitrogens with zero attached hydrogens (tertiary/aromatic N) is 1. The molecule has 0 spiro atoms. The fraction of sp³-hybridized carbons (Fsp3) is 0.562. The molecule has 2 fully saturated rings. The van der Waals surface area contributed by atoms with Crippen molar-refractivity contribution in [1.29, 1.82) is 0 Å². The van der Waals surface area contributed by atoms with E-state index in [1.54, 1.807) is 11.0 Å². The molecule has 1 aliphatic carbocycles. The summed E-state index contributed by atoms with van der Waals surface area (Å²) in [5.41, 5.74) is 0.662. The van der Waals surface area contributed by atoms with E-state index in [2.05, 4.69) is 5.32 Å². The summed E-state index contributed by atoms with van der Waals surface area (Å²) < 4.78 is 19.3. The Kier molecular flexibility index (Phi) is 5.04. The number of aliphatic hydroxyl groups excluding tert-OH is 1. The van der Waals surface area contributed by atoms with Gasteiger partial charge in [-0.25, -0.2) is 9.18 Å². The summed E-state index contributed by atoms with van der Waals surface area (Å²) in [6, 6.07) is 4.36. The maximum Gasteiger partial charge on any atom is 0.318 e. The first-order valence-corrected chi connectivity index (χ1v) is 8.22. The minimum atomic E-state index is -0.496. The molecule has 1 heterocycles. The van der Waals surface area contributed by atoms with Crippen molar-refractivity contribution in [3.05, 3.63) is 34.6 Å². The molecule has 1 aromatic carbocycles. The van der Waals surface area contributed by atoms with Gasteiger partial charge in [0.1, 0.15) is 11.9 Å². The Morgan fingerprint density at radius 2 is 2.22 bits per heavy atom. The average molecular weight is 343 g/mol. The van der Waals surface area contributed by atoms with Crippen LogP contribution in [0.3, 0.4) is 0 Å². The Balaban J connectivity index is 1.68. The van der Waals surface area contributed by atoms with E-state index < -0.39 is 5.82 Å². The topological polar surface area (TPSA) is 61.8 Å². The summed E-state index contributed by atoms with van der Waals surface area (Å²) in [6.45, 7) is 0.768. The molecule has 0 aromatic heterocycles. The van der Waals surface area contributed by atoms with Gasteiger partial charge in [-0.05, 0) is 37.0 Å². The number of nitrogens with one attached hydrogen (secondary N) is 1. The van der Waals surface area contributed by atoms with Gasteiger partial charge in [0.15, 0.2) is 0 Å². The van der Waals surface area contributed by atoms with Crippen molar-refractivity contribution in [3.8, 4) is 0 Å². The largest absolute Gasteiger partial charge is 0.395 e. The second-order valence-corrected chi connectivity index (χ2v) is 6.36. The molecular weight excluding hydrogens is 323 g/mol. The Morgan fingerprint density at radius 3 is 2.87 bits per heavy atom. The van der Waals surface area contributed by atoms with E-state index in [0.29, 0.717) is 25.1 Å². The van der Waals surface area contributed by atoms with Gasteiger partial charge in [-0.2, -0.15) is 0 Å². The SMILES string of the molecule is O=C(NC1CCOC1c1ccc(Cl)c(F)c1)N(CCO)C1CC1. The lowest BCUT2D eigenvalue weighted by Crippen LogP contribution is -2.47. The van der Waals surface area contributed by atoms with Crippen LogP contribution in [0.5, 0.6) is 0 Å². The number of carbonyl (C=O) groups excluding carboxylic acids is 1. The number of benzene rings is 1. The van der Waals surface area contributed by atoms with Crippen molar-refractivity contribution in [2.75, 3.05) is 19.8 Å². The van der Waals surface area contributed by atoms with Gasteiger partial charge in [-0.1, -0.05) is 17.7 Å². The van der Waals surface area contributed by atoms with E-state index in [0.717, 1.165) is 12.8 Å². The molecule has 2 atom stereocenters. The van der Waals surface area contributed by atoms with Gasteiger partial charge < -0.3 is 20.1 Å². The zero-order valence-corrected chi connectivity index (χ0v) is 13.4. The van der Waals surface area contributed by atoms with Gasteiger partial charge in [0.05, 0.1) is 17.7 Å². The smallest absolute Gasteiger partial charge is 0.318 e. The number of hydrogen-bond donors (Lipinski definition) is 2. The third-order valence-corrected chi connectivity index (χ3v) is 4.57. The third kappa shape index (κ3) is 3.76. The lowest BCUT2D eigenvalue weighted by Gasteiger charge is -2.26. The molecule has 1 saturated heterocycles. The monoisotopic (exact) mass is 342 g/mol. The number of halogens is 2. The van der Waals surface area contributed by atoms with Crippen LogP contribution in [-0.2, 0) is 4.74 Å². The summed E-state index contributed by atoms with van der Waals surface area (Å²) in [5, 5.41) is 12.1. The molecule has 3 rings (SSSR count). The highest BCUT2D eigenvalue weighted by Gasteiger charge is 2.36. The van der Waals surface area contributed by atoms with E-state index in [9.17, 15) is 9.18 Å². The Morgan fingerprint density at radius 1 is 1.43 bits per heavy atom. The molecular formula is C16H20ClFN2O3. The fourth-order valence-electron chi connectivity index (χ4n) is 2.94. The molecule has 7 heteroatoms. The quantitative estimate of drug-likeness (QED) is 0.864. The number of hydrogen-bond acceptors (Lipinski definition) is 3. The van der Waals surface area contributed by atoms with E-state index >= 15 is 0 Å². The number of urea groups is 1. The average Bonchev–Trinajstić information content (AvgIpc) is 3.27. The highest BCUT2D eigenvalue weighted by Crippen LogP contribution is 2.32. The van der Waals surface area contributed by atoms with Crippen LogP contribution in [0.25, 0.3) is 0 Å². The summed E-state index contributed by atoms with van der Waals surface area (Å²) in [4.78, 5) is 14.1. The van der Waals surface area contributed by atoms with Gasteiger partial charge in [0, 0.05) is 19.2 Å². The maximum atomic E-state index is 13.7. The van der Waals surface area contributed by atoms with Crippen LogP contribution in [0.1, 0.15) is 30.9 Å². The number of carbonyl (C=O) groups is 1. The predicted octanol–water partition coefficient (Wildman–Crippen LogP) is 2.48. The molecule has 2 unspecified atom stereocenters. The zero-order chi connectivity index (χ0) is 16.4. The molecule has 1 saturated carbocycles. The molecule has 126 valence electrons. The number of aliphatic hydroxyl groups is 1. The molecule has 2 amide bonds. The highest BCUT2D eigenvalue weighted by atomic mass is 35.5. The lowest BCUT2D eigenvalue weighted by molar-refractivity contribution is 0.0970. The Labute approximate surface area is 139 Å². The second-order valence-electron chi connectivity index (χ2n) is 5.96. The van der Waals surface area contributed by atoms with Crippen LogP contribution in [0.2, 0.25) is 5.02 Å². The van der Waals surface area contributed by atoms with E-state index in [1.165, 1.54) is 12.1 Å². The van der Waals surface area contributed by atoms with E-state index in [1.807, 2.05) is 0 Å². The standard InChI is InChI=1S/C16H20ClFN2O3/c17-12-4-1-10(9-13(12)18)15-14(5-8-23-15)19-16(22)20(6-7-21)11-2-3-11/h1,4,9,11,14-15,21H,2-3,5-8H2,(H,19,22). The van der Waals surface area contributed by atoms with Crippen LogP contribution < -0.4 is 5.32 Å². The molecule has 1 aliphatic heterocycles. The fourth-order valence-corrected chi connectivity index (χ4v) is 3.06. The van der Waals surface area contributed by atoms with E-state index in [-0.39, 0.29) is 35.8 Å². The van der Waals surface area contributed by atoms with Crippen molar-refractivity contribution in [3.63, 3.8) is 0 Å². The van der Waals surface area contributed by atoms with Gasteiger partial charge >= 0.3 is 6.03 Å². The molecule has 23 heavy (non-hydrogen) atoms. The highest BCUT2D eigenvalue weighted by molar-refractivity contribution is 6.30. The summed E-state index contributed by atoms with van der Waals surface area (Å²) >= 11 is 5.71. The molecule has 0 radical (unpaired) electrons. The first-order chi connectivity index (χ1) is 11.1. The summed E-state index contributed by atoms with van der Waals surface area (Å²) in [7, 11) is 0. The van der Waals surface area contributed by atoms with Gasteiger partial charge in [0.2, 0.25) is 0 Å². The van der Waals surface area contributed by atoms with Crippen molar-refractivity contribution in [1.82, 2.24) is 10.2 Å². The lowest BCUT2D eigenvalue weighted by atomic mass is 10.0. The molecule has 0 bridgehead atoms. The number of ether oxygens (including phenoxy) is 1. The maximum absolute atomic E-state index is 13.7. The van der Waals surface area contributed by atoms with Gasteiger partial charge in [0.25, 0.3) is 0 Å². The molecule has 2 N–H and O–H groups in total. The van der Waals surface area contributed by atoms with Crippen molar-refractivity contribution in [2.45, 2.75) is 37.5 Å². The molecule has 2 aliphatic rings. The second kappa shape index (κ2) is 7.03. The molecule has 5 nitrogen and oxygen atoms in total. The van der Waals surface area contributed by atoms with Crippen LogP contribution in [-0.4, -0.2) is 47.9 Å². The summed E-state index contributed by atoms with van der Waals surface area (Å²) in [6.07, 6.45) is 2.22. The normalized spacial score (nSPS) is 23.8. The minimum Gasteiger partial charge on any atom is -0.395 e. The van der Waals surface area contributed by atoms with Crippen molar-refractivity contribution >= 4 is 17.6 Å². The Bertz CT molecular complexity index is 582. The number of rotatable bonds is 5. The summed E-state index contributed by atoms with van der Waals surface area (Å²) in [5.74, 6) is -0.496. The van der Waals surface area contributed by atoms with Crippen LogP contribution in [0, 0.1) is 5.82 Å². The Hall–Kier alpha value is -1.37. The molecule has 1 aromatic rings. The van der Waals surface area contributed by atoms with Crippen LogP contribution >= 0.6 is 11.6 Å². The van der Waals surface area contributed by atoms with Crippen molar-refractivity contribution < 1.29 is 19.0 Å². The zero-order valence-electron chi connectivity index (χ0n) is 12.7. The number of amides is 2. The minimum absolute atomic E-state index is 0.0586. The third-order valence-electron chi connectivity index (χ3n) is 4.26.